The minimum atomic E-state index is -0.551. The predicted octanol–water partition coefficient (Wildman–Crippen LogP) is 2.15. The first-order chi connectivity index (χ1) is 10.00. The molecule has 1 saturated carbocycles. The molecule has 0 aromatic carbocycles. The Balaban J connectivity index is 2.24. The number of hydrogen-bond acceptors (Lipinski definition) is 6. The number of aromatic nitrogens is 1. The molecule has 0 bridgehead atoms. The van der Waals surface area contributed by atoms with Crippen LogP contribution in [0.2, 0.25) is 0 Å². The average molecular weight is 289 g/mol. The summed E-state index contributed by atoms with van der Waals surface area (Å²) in [7, 11) is 4.06. The van der Waals surface area contributed by atoms with Gasteiger partial charge in [-0.2, -0.15) is 5.26 Å². The topological polar surface area (TPSA) is 95.1 Å². The zero-order valence-corrected chi connectivity index (χ0v) is 12.3. The van der Waals surface area contributed by atoms with Crippen molar-refractivity contribution in [3.63, 3.8) is 0 Å². The number of nitrogens with zero attached hydrogens (tertiary/aromatic N) is 4. The van der Waals surface area contributed by atoms with E-state index in [9.17, 15) is 10.1 Å². The molecule has 1 aromatic heterocycles. The van der Waals surface area contributed by atoms with Crippen LogP contribution in [0.5, 0.6) is 0 Å². The molecule has 1 aliphatic carbocycles. The number of rotatable bonds is 5. The summed E-state index contributed by atoms with van der Waals surface area (Å²) in [5.74, 6) is 0.173. The van der Waals surface area contributed by atoms with Gasteiger partial charge >= 0.3 is 5.69 Å². The van der Waals surface area contributed by atoms with E-state index < -0.39 is 4.92 Å². The van der Waals surface area contributed by atoms with Crippen molar-refractivity contribution in [1.82, 2.24) is 9.88 Å². The first-order valence-corrected chi connectivity index (χ1v) is 6.95. The van der Waals surface area contributed by atoms with E-state index in [4.69, 9.17) is 5.26 Å². The molecule has 2 rings (SSSR count). The third-order valence-corrected chi connectivity index (χ3v) is 4.30. The van der Waals surface area contributed by atoms with Crippen LogP contribution in [-0.4, -0.2) is 41.0 Å². The third kappa shape index (κ3) is 2.95. The van der Waals surface area contributed by atoms with Crippen LogP contribution in [0.1, 0.15) is 31.2 Å². The van der Waals surface area contributed by atoms with Gasteiger partial charge < -0.3 is 10.2 Å². The molecule has 0 atom stereocenters. The van der Waals surface area contributed by atoms with Gasteiger partial charge in [0.2, 0.25) is 5.82 Å². The van der Waals surface area contributed by atoms with Crippen molar-refractivity contribution < 1.29 is 4.92 Å². The molecule has 0 amide bonds. The highest BCUT2D eigenvalue weighted by molar-refractivity contribution is 5.64. The lowest BCUT2D eigenvalue weighted by Crippen LogP contribution is -2.47. The van der Waals surface area contributed by atoms with Crippen LogP contribution in [0.3, 0.4) is 0 Å². The van der Waals surface area contributed by atoms with Gasteiger partial charge in [0.15, 0.2) is 0 Å². The van der Waals surface area contributed by atoms with Gasteiger partial charge in [0.25, 0.3) is 0 Å². The summed E-state index contributed by atoms with van der Waals surface area (Å²) in [6.45, 7) is 0.586. The maximum atomic E-state index is 11.2. The Morgan fingerprint density at radius 2 is 2.19 bits per heavy atom. The van der Waals surface area contributed by atoms with Crippen molar-refractivity contribution in [3.05, 3.63) is 27.9 Å². The maximum Gasteiger partial charge on any atom is 0.328 e. The van der Waals surface area contributed by atoms with Crippen molar-refractivity contribution >= 4 is 11.5 Å². The SMILES string of the molecule is CN(C)C1(CNc2nccc(C#N)c2[N+](=O)[O-])CCCC1. The van der Waals surface area contributed by atoms with Crippen LogP contribution < -0.4 is 5.32 Å². The van der Waals surface area contributed by atoms with E-state index in [1.165, 1.54) is 12.3 Å². The molecule has 0 spiro atoms. The van der Waals surface area contributed by atoms with Crippen LogP contribution in [-0.2, 0) is 0 Å². The fourth-order valence-electron chi connectivity index (χ4n) is 2.92. The van der Waals surface area contributed by atoms with Gasteiger partial charge in [0, 0.05) is 18.3 Å². The minimum Gasteiger partial charge on any atom is -0.362 e. The molecule has 1 aliphatic rings. The van der Waals surface area contributed by atoms with Gasteiger partial charge in [0.05, 0.1) is 4.92 Å². The summed E-state index contributed by atoms with van der Waals surface area (Å²) in [5, 5.41) is 23.3. The van der Waals surface area contributed by atoms with Gasteiger partial charge in [-0.05, 0) is 33.0 Å². The fourth-order valence-corrected chi connectivity index (χ4v) is 2.92. The molecule has 112 valence electrons. The lowest BCUT2D eigenvalue weighted by Gasteiger charge is -2.36. The molecule has 0 unspecified atom stereocenters. The molecule has 1 N–H and O–H groups in total. The number of nitro groups is 1. The molecule has 21 heavy (non-hydrogen) atoms. The van der Waals surface area contributed by atoms with Gasteiger partial charge in [0.1, 0.15) is 11.6 Å². The van der Waals surface area contributed by atoms with Crippen LogP contribution in [0.15, 0.2) is 12.3 Å². The average Bonchev–Trinajstić information content (AvgIpc) is 2.94. The van der Waals surface area contributed by atoms with Crippen molar-refractivity contribution in [1.29, 1.82) is 5.26 Å². The van der Waals surface area contributed by atoms with Crippen LogP contribution in [0.4, 0.5) is 11.5 Å². The Kier molecular flexibility index (Phi) is 4.38. The lowest BCUT2D eigenvalue weighted by molar-refractivity contribution is -0.384. The predicted molar refractivity (Wildman–Crippen MR) is 79.0 cm³/mol. The summed E-state index contributed by atoms with van der Waals surface area (Å²) in [6, 6.07) is 3.21. The first-order valence-electron chi connectivity index (χ1n) is 6.95. The van der Waals surface area contributed by atoms with Crippen molar-refractivity contribution in [3.8, 4) is 6.07 Å². The van der Waals surface area contributed by atoms with Gasteiger partial charge in [-0.3, -0.25) is 10.1 Å². The zero-order valence-electron chi connectivity index (χ0n) is 12.3. The van der Waals surface area contributed by atoms with Crippen molar-refractivity contribution in [2.75, 3.05) is 26.0 Å². The first kappa shape index (κ1) is 15.2. The summed E-state index contributed by atoms with van der Waals surface area (Å²) < 4.78 is 0. The van der Waals surface area contributed by atoms with E-state index >= 15 is 0 Å². The van der Waals surface area contributed by atoms with Gasteiger partial charge in [-0.25, -0.2) is 4.98 Å². The number of nitriles is 1. The molecule has 0 aliphatic heterocycles. The molecule has 1 fully saturated rings. The normalized spacial score (nSPS) is 16.7. The van der Waals surface area contributed by atoms with E-state index in [0.717, 1.165) is 25.7 Å². The van der Waals surface area contributed by atoms with E-state index in [1.807, 2.05) is 20.2 Å². The Bertz CT molecular complexity index is 573. The fraction of sp³-hybridized carbons (Fsp3) is 0.571. The summed E-state index contributed by atoms with van der Waals surface area (Å²) >= 11 is 0. The largest absolute Gasteiger partial charge is 0.362 e. The smallest absolute Gasteiger partial charge is 0.328 e. The second-order valence-electron chi connectivity index (χ2n) is 5.60. The van der Waals surface area contributed by atoms with Crippen molar-refractivity contribution in [2.24, 2.45) is 0 Å². The third-order valence-electron chi connectivity index (χ3n) is 4.30. The lowest BCUT2D eigenvalue weighted by atomic mass is 9.96. The highest BCUT2D eigenvalue weighted by atomic mass is 16.6. The molecule has 0 saturated heterocycles. The van der Waals surface area contributed by atoms with Crippen LogP contribution in [0, 0.1) is 21.4 Å². The van der Waals surface area contributed by atoms with E-state index in [-0.39, 0.29) is 22.6 Å². The Labute approximate surface area is 123 Å². The van der Waals surface area contributed by atoms with E-state index in [2.05, 4.69) is 15.2 Å². The molecule has 1 aromatic rings. The Morgan fingerprint density at radius 3 is 2.71 bits per heavy atom. The van der Waals surface area contributed by atoms with Gasteiger partial charge in [-0.1, -0.05) is 12.8 Å². The quantitative estimate of drug-likeness (QED) is 0.659. The highest BCUT2D eigenvalue weighted by Gasteiger charge is 2.36. The number of likely N-dealkylation sites (N-methyl/N-ethyl adjacent to an activating group) is 1. The van der Waals surface area contributed by atoms with Gasteiger partial charge in [-0.15, -0.1) is 0 Å². The molecule has 7 heteroatoms. The molecule has 7 nitrogen and oxygen atoms in total. The van der Waals surface area contributed by atoms with E-state index in [1.54, 1.807) is 0 Å². The number of anilines is 1. The van der Waals surface area contributed by atoms with E-state index in [0.29, 0.717) is 6.54 Å². The van der Waals surface area contributed by atoms with Crippen LogP contribution in [0.25, 0.3) is 0 Å². The zero-order chi connectivity index (χ0) is 15.5. The summed E-state index contributed by atoms with van der Waals surface area (Å²) in [5.41, 5.74) is -0.215. The molecule has 0 radical (unpaired) electrons. The number of pyridine rings is 1. The molecular weight excluding hydrogens is 270 g/mol. The number of nitrogens with one attached hydrogen (secondary N) is 1. The molecular formula is C14H19N5O2. The maximum absolute atomic E-state index is 11.2. The highest BCUT2D eigenvalue weighted by Crippen LogP contribution is 2.35. The summed E-state index contributed by atoms with van der Waals surface area (Å²) in [4.78, 5) is 16.8. The Hall–Kier alpha value is -2.20. The summed E-state index contributed by atoms with van der Waals surface area (Å²) in [6.07, 6.45) is 5.85. The number of hydrogen-bond donors (Lipinski definition) is 1. The standard InChI is InChI=1S/C14H19N5O2/c1-18(2)14(6-3-4-7-14)10-17-13-12(19(20)21)11(9-15)5-8-16-13/h5,8H,3-4,6-7,10H2,1-2H3,(H,16,17). The monoisotopic (exact) mass is 289 g/mol. The Morgan fingerprint density at radius 1 is 1.52 bits per heavy atom. The van der Waals surface area contributed by atoms with Crippen molar-refractivity contribution in [2.45, 2.75) is 31.2 Å². The molecule has 1 heterocycles. The minimum absolute atomic E-state index is 0.00179. The second-order valence-corrected chi connectivity index (χ2v) is 5.60. The van der Waals surface area contributed by atoms with Crippen LogP contribution >= 0.6 is 0 Å². The second kappa shape index (κ2) is 6.06.